The third-order valence-corrected chi connectivity index (χ3v) is 5.94. The molecule has 2 aromatic rings. The highest BCUT2D eigenvalue weighted by Gasteiger charge is 2.40. The van der Waals surface area contributed by atoms with Gasteiger partial charge in [-0.3, -0.25) is 24.5 Å². The predicted molar refractivity (Wildman–Crippen MR) is 119 cm³/mol. The van der Waals surface area contributed by atoms with E-state index in [1.165, 1.54) is 23.1 Å². The quantitative estimate of drug-likeness (QED) is 0.644. The van der Waals surface area contributed by atoms with E-state index in [0.29, 0.717) is 11.1 Å². The van der Waals surface area contributed by atoms with Gasteiger partial charge in [0.1, 0.15) is 25.0 Å². The van der Waals surface area contributed by atoms with Gasteiger partial charge in [-0.15, -0.1) is 0 Å². The Kier molecular flexibility index (Phi) is 4.83. The number of fused-ring (bicyclic) bond motifs is 1. The van der Waals surface area contributed by atoms with Crippen LogP contribution in [0.15, 0.2) is 42.4 Å². The van der Waals surface area contributed by atoms with E-state index >= 15 is 0 Å². The Bertz CT molecular complexity index is 1340. The molecule has 2 saturated heterocycles. The molecule has 0 saturated carbocycles. The Balaban J connectivity index is 1.34. The van der Waals surface area contributed by atoms with Crippen molar-refractivity contribution in [3.8, 4) is 5.75 Å². The number of morpholine rings is 1. The molecule has 1 N–H and O–H groups in total. The lowest BCUT2D eigenvalue weighted by atomic mass is 10.0. The van der Waals surface area contributed by atoms with Crippen LogP contribution < -0.4 is 10.1 Å². The summed E-state index contributed by atoms with van der Waals surface area (Å²) < 4.78 is 44.8. The first-order valence-electron chi connectivity index (χ1n) is 13.0. The zero-order valence-electron chi connectivity index (χ0n) is 22.2. The number of imide groups is 1. The molecule has 0 bridgehead atoms. The number of hydrogen-bond acceptors (Lipinski definition) is 6. The molecule has 0 aliphatic carbocycles. The normalized spacial score (nSPS) is 23.5. The van der Waals surface area contributed by atoms with Gasteiger partial charge in [0.2, 0.25) is 17.7 Å². The van der Waals surface area contributed by atoms with E-state index in [-0.39, 0.29) is 73.9 Å². The molecule has 2 aromatic carbocycles. The predicted octanol–water partition coefficient (Wildman–Crippen LogP) is 1.39. The molecule has 34 heavy (non-hydrogen) atoms. The molecule has 2 unspecified atom stereocenters. The number of nitrogens with one attached hydrogen (secondary N) is 1. The van der Waals surface area contributed by atoms with Gasteiger partial charge in [0, 0.05) is 30.6 Å². The molecule has 176 valence electrons. The first kappa shape index (κ1) is 17.7. The fourth-order valence-electron chi connectivity index (χ4n) is 4.17. The lowest BCUT2D eigenvalue weighted by Gasteiger charge is -2.29. The van der Waals surface area contributed by atoms with Gasteiger partial charge in [-0.05, 0) is 29.7 Å². The smallest absolute Gasteiger partial charge is 0.255 e. The van der Waals surface area contributed by atoms with Crippen LogP contribution in [0.2, 0.25) is 0 Å². The molecule has 3 aliphatic rings. The van der Waals surface area contributed by atoms with Gasteiger partial charge in [-0.2, -0.15) is 0 Å². The van der Waals surface area contributed by atoms with Crippen LogP contribution in [0.4, 0.5) is 0 Å². The zero-order chi connectivity index (χ0) is 27.2. The van der Waals surface area contributed by atoms with Gasteiger partial charge in [0.15, 0.2) is 0 Å². The monoisotopic (exact) mass is 467 g/mol. The summed E-state index contributed by atoms with van der Waals surface area (Å²) in [5.41, 5.74) is 1.11. The Morgan fingerprint density at radius 1 is 1.15 bits per heavy atom. The molecule has 4 amide bonds. The fourth-order valence-corrected chi connectivity index (χ4v) is 4.17. The van der Waals surface area contributed by atoms with Gasteiger partial charge in [0.05, 0.1) is 18.6 Å². The third-order valence-electron chi connectivity index (χ3n) is 5.94. The highest BCUT2D eigenvalue weighted by molar-refractivity contribution is 6.05. The Hall–Kier alpha value is -3.72. The van der Waals surface area contributed by atoms with Crippen LogP contribution in [-0.4, -0.2) is 59.2 Å². The number of rotatable bonds is 6. The summed E-state index contributed by atoms with van der Waals surface area (Å²) in [6.07, 6.45) is 0.355. The maximum absolute atomic E-state index is 13.0. The molecule has 3 aliphatic heterocycles. The molecular formula is C25H25N3O6. The minimum absolute atomic E-state index is 0.0732. The fraction of sp³-hybridized carbons (Fsp3) is 0.360. The molecule has 0 aromatic heterocycles. The summed E-state index contributed by atoms with van der Waals surface area (Å²) in [4.78, 5) is 51.5. The SMILES string of the molecule is [2H]c1cc(C([2H])([2H])N2CCOCC2=O)ccc1C([2H])Oc1cccc2c1CN(C1CCC(=O)NC1=O)C2=O. The maximum Gasteiger partial charge on any atom is 0.255 e. The molecule has 9 nitrogen and oxygen atoms in total. The van der Waals surface area contributed by atoms with Crippen molar-refractivity contribution in [3.63, 3.8) is 0 Å². The van der Waals surface area contributed by atoms with Crippen molar-refractivity contribution in [3.05, 3.63) is 64.7 Å². The summed E-state index contributed by atoms with van der Waals surface area (Å²) in [5.74, 6) is -1.51. The van der Waals surface area contributed by atoms with E-state index in [4.69, 9.17) is 15.0 Å². The number of carbonyl (C=O) groups excluding carboxylic acids is 4. The summed E-state index contributed by atoms with van der Waals surface area (Å²) in [6, 6.07) is 8.00. The van der Waals surface area contributed by atoms with Crippen LogP contribution in [-0.2, 0) is 38.7 Å². The zero-order valence-corrected chi connectivity index (χ0v) is 18.2. The summed E-state index contributed by atoms with van der Waals surface area (Å²) in [5, 5.41) is 2.26. The van der Waals surface area contributed by atoms with E-state index in [1.807, 2.05) is 0 Å². The summed E-state index contributed by atoms with van der Waals surface area (Å²) >= 11 is 0. The lowest BCUT2D eigenvalue weighted by molar-refractivity contribution is -0.143. The first-order chi connectivity index (χ1) is 18.1. The maximum atomic E-state index is 13.0. The summed E-state index contributed by atoms with van der Waals surface area (Å²) in [6.45, 7) is -3.36. The van der Waals surface area contributed by atoms with Gasteiger partial charge in [-0.1, -0.05) is 30.3 Å². The second-order valence-corrected chi connectivity index (χ2v) is 8.16. The van der Waals surface area contributed by atoms with E-state index < -0.39 is 30.9 Å². The highest BCUT2D eigenvalue weighted by Crippen LogP contribution is 2.34. The van der Waals surface area contributed by atoms with Gasteiger partial charge in [0.25, 0.3) is 5.91 Å². The number of hydrogen-bond donors (Lipinski definition) is 1. The van der Waals surface area contributed by atoms with Crippen LogP contribution in [0.1, 0.15) is 45.4 Å². The van der Waals surface area contributed by atoms with Crippen molar-refractivity contribution in [1.29, 1.82) is 0 Å². The molecule has 5 rings (SSSR count). The average Bonchev–Trinajstić information content (AvgIpc) is 3.21. The van der Waals surface area contributed by atoms with E-state index in [9.17, 15) is 19.2 Å². The second-order valence-electron chi connectivity index (χ2n) is 8.16. The summed E-state index contributed by atoms with van der Waals surface area (Å²) in [7, 11) is 0. The largest absolute Gasteiger partial charge is 0.489 e. The Morgan fingerprint density at radius 3 is 2.79 bits per heavy atom. The molecule has 2 fully saturated rings. The number of ether oxygens (including phenoxy) is 2. The van der Waals surface area contributed by atoms with E-state index in [1.54, 1.807) is 18.2 Å². The van der Waals surface area contributed by atoms with Crippen molar-refractivity contribution in [2.24, 2.45) is 0 Å². The molecule has 3 heterocycles. The lowest BCUT2D eigenvalue weighted by Crippen LogP contribution is -2.52. The van der Waals surface area contributed by atoms with Gasteiger partial charge < -0.3 is 19.3 Å². The molecule has 2 atom stereocenters. The van der Waals surface area contributed by atoms with Crippen LogP contribution >= 0.6 is 0 Å². The van der Waals surface area contributed by atoms with Crippen LogP contribution in [0, 0.1) is 0 Å². The van der Waals surface area contributed by atoms with E-state index in [2.05, 4.69) is 5.32 Å². The molecule has 9 heteroatoms. The first-order valence-corrected chi connectivity index (χ1v) is 10.9. The van der Waals surface area contributed by atoms with Gasteiger partial charge in [-0.25, -0.2) is 0 Å². The number of nitrogens with zero attached hydrogens (tertiary/aromatic N) is 2. The molecular weight excluding hydrogens is 438 g/mol. The van der Waals surface area contributed by atoms with Crippen molar-refractivity contribution in [2.75, 3.05) is 19.8 Å². The molecule has 0 radical (unpaired) electrons. The van der Waals surface area contributed by atoms with Crippen LogP contribution in [0.25, 0.3) is 0 Å². The second kappa shape index (κ2) is 9.26. The number of amides is 4. The third kappa shape index (κ3) is 4.38. The van der Waals surface area contributed by atoms with Crippen LogP contribution in [0.5, 0.6) is 5.75 Å². The number of piperidine rings is 1. The van der Waals surface area contributed by atoms with Crippen molar-refractivity contribution in [2.45, 2.75) is 38.5 Å². The standard InChI is InChI=1S/C25H25N3O6/c29-22-9-8-20(24(31)26-22)28-13-19-18(25(28)32)2-1-3-21(19)34-14-17-6-4-16(5-7-17)12-27-10-11-33-15-23(27)30/h1-7,20H,8-15H2,(H,26,29,31)/i6D,12D2,14D. The minimum Gasteiger partial charge on any atom is -0.489 e. The van der Waals surface area contributed by atoms with Crippen molar-refractivity contribution in [1.82, 2.24) is 15.1 Å². The average molecular weight is 468 g/mol. The van der Waals surface area contributed by atoms with Crippen molar-refractivity contribution >= 4 is 23.6 Å². The van der Waals surface area contributed by atoms with Gasteiger partial charge >= 0.3 is 0 Å². The highest BCUT2D eigenvalue weighted by atomic mass is 16.5. The molecule has 0 spiro atoms. The Morgan fingerprint density at radius 2 is 2.00 bits per heavy atom. The van der Waals surface area contributed by atoms with E-state index in [0.717, 1.165) is 4.90 Å². The topological polar surface area (TPSA) is 105 Å². The minimum atomic E-state index is -2.16. The van der Waals surface area contributed by atoms with Crippen LogP contribution in [0.3, 0.4) is 0 Å². The number of benzene rings is 2. The number of carbonyl (C=O) groups is 4. The Labute approximate surface area is 202 Å². The van der Waals surface area contributed by atoms with Crippen molar-refractivity contribution < 1.29 is 34.1 Å².